The summed E-state index contributed by atoms with van der Waals surface area (Å²) in [5.41, 5.74) is 2.00. The quantitative estimate of drug-likeness (QED) is 0.317. The second-order valence-corrected chi connectivity index (χ2v) is 9.70. The second kappa shape index (κ2) is 8.36. The van der Waals surface area contributed by atoms with Crippen LogP contribution in [0.5, 0.6) is 5.75 Å². The van der Waals surface area contributed by atoms with Gasteiger partial charge in [-0.15, -0.1) is 22.7 Å². The molecule has 1 saturated heterocycles. The van der Waals surface area contributed by atoms with Crippen molar-refractivity contribution in [2.24, 2.45) is 0 Å². The SMILES string of the molecule is Cc1nc2c(cc(OCC(=O)N3CCN(c4ccc([N+](=O)[O-])cc4)CC3)c3ccsc32)s1. The highest BCUT2D eigenvalue weighted by molar-refractivity contribution is 7.21. The minimum atomic E-state index is -0.405. The zero-order valence-corrected chi connectivity index (χ0v) is 18.9. The third kappa shape index (κ3) is 3.87. The molecule has 0 unspecified atom stereocenters. The second-order valence-electron chi connectivity index (χ2n) is 7.55. The molecule has 0 N–H and O–H groups in total. The van der Waals surface area contributed by atoms with E-state index >= 15 is 0 Å². The van der Waals surface area contributed by atoms with Gasteiger partial charge in [0.1, 0.15) is 5.75 Å². The molecule has 8 nitrogen and oxygen atoms in total. The van der Waals surface area contributed by atoms with Crippen LogP contribution in [-0.2, 0) is 4.79 Å². The number of carbonyl (C=O) groups excluding carboxylic acids is 1. The Balaban J connectivity index is 1.22. The molecule has 2 aromatic heterocycles. The van der Waals surface area contributed by atoms with Gasteiger partial charge in [-0.25, -0.2) is 4.98 Å². The molecule has 0 atom stereocenters. The lowest BCUT2D eigenvalue weighted by Gasteiger charge is -2.36. The van der Waals surface area contributed by atoms with Crippen LogP contribution in [-0.4, -0.2) is 53.5 Å². The van der Waals surface area contributed by atoms with Crippen LogP contribution in [0.2, 0.25) is 0 Å². The van der Waals surface area contributed by atoms with Gasteiger partial charge in [-0.3, -0.25) is 14.9 Å². The summed E-state index contributed by atoms with van der Waals surface area (Å²) in [6.07, 6.45) is 0. The average Bonchev–Trinajstić information content (AvgIpc) is 3.43. The van der Waals surface area contributed by atoms with Crippen molar-refractivity contribution >= 4 is 60.3 Å². The summed E-state index contributed by atoms with van der Waals surface area (Å²) in [5, 5.41) is 14.8. The van der Waals surface area contributed by atoms with E-state index in [9.17, 15) is 14.9 Å². The number of thiophene rings is 1. The number of hydrogen-bond acceptors (Lipinski definition) is 8. The summed E-state index contributed by atoms with van der Waals surface area (Å²) in [5.74, 6) is 0.674. The summed E-state index contributed by atoms with van der Waals surface area (Å²) in [6, 6.07) is 10.5. The molecule has 0 radical (unpaired) electrons. The van der Waals surface area contributed by atoms with Gasteiger partial charge in [-0.05, 0) is 30.5 Å². The first kappa shape index (κ1) is 20.7. The fourth-order valence-electron chi connectivity index (χ4n) is 3.94. The Labute approximate surface area is 191 Å². The van der Waals surface area contributed by atoms with Gasteiger partial charge in [-0.1, -0.05) is 0 Å². The highest BCUT2D eigenvalue weighted by atomic mass is 32.1. The van der Waals surface area contributed by atoms with Crippen LogP contribution < -0.4 is 9.64 Å². The molecule has 1 fully saturated rings. The van der Waals surface area contributed by atoms with Crippen LogP contribution in [0.4, 0.5) is 11.4 Å². The first-order valence-corrected chi connectivity index (χ1v) is 11.9. The zero-order valence-electron chi connectivity index (χ0n) is 17.3. The van der Waals surface area contributed by atoms with E-state index in [0.29, 0.717) is 26.2 Å². The molecule has 4 aromatic rings. The van der Waals surface area contributed by atoms with Crippen molar-refractivity contribution in [3.8, 4) is 5.75 Å². The van der Waals surface area contributed by atoms with Gasteiger partial charge in [0.05, 0.1) is 24.8 Å². The van der Waals surface area contributed by atoms with Gasteiger partial charge in [0.2, 0.25) is 0 Å². The van der Waals surface area contributed by atoms with Crippen molar-refractivity contribution in [3.63, 3.8) is 0 Å². The standard InChI is InChI=1S/C22H20N4O4S2/c1-14-23-21-19(32-14)12-18(17-6-11-31-22(17)21)30-13-20(27)25-9-7-24(8-10-25)15-2-4-16(5-3-15)26(28)29/h2-6,11-12H,7-10,13H2,1H3. The first-order valence-electron chi connectivity index (χ1n) is 10.2. The lowest BCUT2D eigenvalue weighted by Crippen LogP contribution is -2.50. The normalized spacial score (nSPS) is 14.3. The van der Waals surface area contributed by atoms with Crippen molar-refractivity contribution in [1.29, 1.82) is 0 Å². The minimum Gasteiger partial charge on any atom is -0.483 e. The number of hydrogen-bond donors (Lipinski definition) is 0. The summed E-state index contributed by atoms with van der Waals surface area (Å²) in [6.45, 7) is 4.49. The lowest BCUT2D eigenvalue weighted by molar-refractivity contribution is -0.384. The smallest absolute Gasteiger partial charge is 0.269 e. The molecule has 1 aliphatic heterocycles. The van der Waals surface area contributed by atoms with E-state index in [0.717, 1.165) is 36.7 Å². The number of thiazole rings is 1. The maximum Gasteiger partial charge on any atom is 0.269 e. The number of nitro groups is 1. The van der Waals surface area contributed by atoms with Crippen molar-refractivity contribution in [2.75, 3.05) is 37.7 Å². The molecular weight excluding hydrogens is 448 g/mol. The predicted octanol–water partition coefficient (Wildman–Crippen LogP) is 4.46. The van der Waals surface area contributed by atoms with E-state index in [1.807, 2.05) is 29.3 Å². The number of non-ortho nitro benzene ring substituents is 1. The Morgan fingerprint density at radius 1 is 1.19 bits per heavy atom. The molecule has 10 heteroatoms. The van der Waals surface area contributed by atoms with Crippen LogP contribution in [0, 0.1) is 17.0 Å². The third-order valence-electron chi connectivity index (χ3n) is 5.58. The van der Waals surface area contributed by atoms with E-state index in [2.05, 4.69) is 9.88 Å². The maximum absolute atomic E-state index is 12.8. The molecular formula is C22H20N4O4S2. The molecule has 0 spiro atoms. The van der Waals surface area contributed by atoms with Crippen LogP contribution in [0.15, 0.2) is 41.8 Å². The summed E-state index contributed by atoms with van der Waals surface area (Å²) in [7, 11) is 0. The summed E-state index contributed by atoms with van der Waals surface area (Å²) < 4.78 is 8.13. The summed E-state index contributed by atoms with van der Waals surface area (Å²) in [4.78, 5) is 31.8. The Bertz CT molecular complexity index is 1310. The van der Waals surface area contributed by atoms with Crippen LogP contribution in [0.3, 0.4) is 0 Å². The fourth-order valence-corrected chi connectivity index (χ4v) is 5.77. The number of ether oxygens (including phenoxy) is 1. The van der Waals surface area contributed by atoms with E-state index in [4.69, 9.17) is 4.74 Å². The van der Waals surface area contributed by atoms with Gasteiger partial charge in [0.25, 0.3) is 11.6 Å². The average molecular weight is 469 g/mol. The number of piperazine rings is 1. The number of fused-ring (bicyclic) bond motifs is 3. The molecule has 3 heterocycles. The molecule has 0 saturated carbocycles. The van der Waals surface area contributed by atoms with Gasteiger partial charge in [0, 0.05) is 55.5 Å². The van der Waals surface area contributed by atoms with Crippen molar-refractivity contribution in [1.82, 2.24) is 9.88 Å². The van der Waals surface area contributed by atoms with E-state index in [-0.39, 0.29) is 18.2 Å². The van der Waals surface area contributed by atoms with Crippen LogP contribution >= 0.6 is 22.7 Å². The fraction of sp³-hybridized carbons (Fsp3) is 0.273. The monoisotopic (exact) mass is 468 g/mol. The number of benzene rings is 2. The molecule has 1 aliphatic rings. The Hall–Kier alpha value is -3.24. The number of carbonyl (C=O) groups is 1. The highest BCUT2D eigenvalue weighted by Crippen LogP contribution is 2.38. The van der Waals surface area contributed by atoms with E-state index in [1.165, 1.54) is 12.1 Å². The number of anilines is 1. The number of rotatable bonds is 5. The molecule has 164 valence electrons. The Morgan fingerprint density at radius 2 is 1.94 bits per heavy atom. The Kier molecular flexibility index (Phi) is 5.40. The number of amides is 1. The minimum absolute atomic E-state index is 0.00816. The van der Waals surface area contributed by atoms with E-state index < -0.39 is 4.92 Å². The maximum atomic E-state index is 12.8. The first-order chi connectivity index (χ1) is 15.5. The molecule has 0 aliphatic carbocycles. The van der Waals surface area contributed by atoms with Gasteiger partial charge >= 0.3 is 0 Å². The highest BCUT2D eigenvalue weighted by Gasteiger charge is 2.22. The molecule has 0 bridgehead atoms. The van der Waals surface area contributed by atoms with Gasteiger partial charge in [0.15, 0.2) is 6.61 Å². The Morgan fingerprint density at radius 3 is 2.66 bits per heavy atom. The molecule has 32 heavy (non-hydrogen) atoms. The zero-order chi connectivity index (χ0) is 22.2. The number of aromatic nitrogens is 1. The molecule has 1 amide bonds. The van der Waals surface area contributed by atoms with Crippen molar-refractivity contribution < 1.29 is 14.5 Å². The van der Waals surface area contributed by atoms with Gasteiger partial charge < -0.3 is 14.5 Å². The number of nitrogens with zero attached hydrogens (tertiary/aromatic N) is 4. The van der Waals surface area contributed by atoms with E-state index in [1.54, 1.807) is 34.8 Å². The molecule has 2 aromatic carbocycles. The van der Waals surface area contributed by atoms with Crippen molar-refractivity contribution in [2.45, 2.75) is 6.92 Å². The largest absolute Gasteiger partial charge is 0.483 e. The topological polar surface area (TPSA) is 88.8 Å². The number of nitro benzene ring substituents is 1. The summed E-state index contributed by atoms with van der Waals surface area (Å²) >= 11 is 3.26. The predicted molar refractivity (Wildman–Crippen MR) is 127 cm³/mol. The van der Waals surface area contributed by atoms with Gasteiger partial charge in [-0.2, -0.15) is 0 Å². The third-order valence-corrected chi connectivity index (χ3v) is 7.42. The molecule has 5 rings (SSSR count). The number of aryl methyl sites for hydroxylation is 1. The van der Waals surface area contributed by atoms with Crippen LogP contribution in [0.1, 0.15) is 5.01 Å². The van der Waals surface area contributed by atoms with Crippen LogP contribution in [0.25, 0.3) is 20.3 Å². The lowest BCUT2D eigenvalue weighted by atomic mass is 10.2. The van der Waals surface area contributed by atoms with Crippen molar-refractivity contribution in [3.05, 3.63) is 56.9 Å².